The molecule has 2 fully saturated rings. The van der Waals surface area contributed by atoms with Gasteiger partial charge in [-0.25, -0.2) is 24.3 Å². The fraction of sp³-hybridized carbons (Fsp3) is 0.389. The average Bonchev–Trinajstić information content (AvgIpc) is 3.72. The Morgan fingerprint density at radius 1 is 0.641 bits per heavy atom. The van der Waals surface area contributed by atoms with Crippen LogP contribution in [0.25, 0.3) is 0 Å². The van der Waals surface area contributed by atoms with Gasteiger partial charge in [0.2, 0.25) is 0 Å². The molecular weight excluding hydrogens is 550 g/mol. The van der Waals surface area contributed by atoms with Gasteiger partial charge in [0.05, 0.1) is 0 Å². The Bertz CT molecular complexity index is 1080. The molecule has 0 N–H and O–H groups in total. The van der Waals surface area contributed by atoms with Gasteiger partial charge in [0.25, 0.3) is 0 Å². The molecule has 39 heavy (non-hydrogen) atoms. The maximum absolute atomic E-state index is 2.62. The van der Waals surface area contributed by atoms with E-state index in [4.69, 9.17) is 0 Å². The van der Waals surface area contributed by atoms with Gasteiger partial charge in [-0.15, -0.1) is 5.30 Å². The van der Waals surface area contributed by atoms with E-state index in [1.54, 1.807) is 10.9 Å². The monoisotopic (exact) mass is 594 g/mol. The van der Waals surface area contributed by atoms with Crippen LogP contribution in [0.15, 0.2) is 109 Å². The van der Waals surface area contributed by atoms with Gasteiger partial charge in [0.15, 0.2) is 0 Å². The molecule has 2 aliphatic carbocycles. The minimum Gasteiger partial charge on any atom is -0.214 e. The van der Waals surface area contributed by atoms with E-state index in [-0.39, 0.29) is 25.0 Å². The van der Waals surface area contributed by atoms with E-state index in [1.807, 2.05) is 30.3 Å². The van der Waals surface area contributed by atoms with E-state index in [0.717, 1.165) is 11.3 Å². The van der Waals surface area contributed by atoms with Crippen LogP contribution in [0.5, 0.6) is 0 Å². The topological polar surface area (TPSA) is 0 Å². The summed E-state index contributed by atoms with van der Waals surface area (Å²) in [6, 6.07) is 39.9. The van der Waals surface area contributed by atoms with Gasteiger partial charge in [-0.05, 0) is 53.3 Å². The Morgan fingerprint density at radius 2 is 1.13 bits per heavy atom. The smallest absolute Gasteiger partial charge is 0.214 e. The number of hydrogen-bond donors (Lipinski definition) is 0. The molecule has 0 aliphatic heterocycles. The zero-order valence-corrected chi connectivity index (χ0v) is 26.3. The summed E-state index contributed by atoms with van der Waals surface area (Å²) >= 11 is 0. The van der Waals surface area contributed by atoms with Crippen LogP contribution in [0.3, 0.4) is 0 Å². The molecule has 0 aromatic heterocycles. The summed E-state index contributed by atoms with van der Waals surface area (Å²) in [6.45, 7) is 2.62. The van der Waals surface area contributed by atoms with Gasteiger partial charge in [-0.1, -0.05) is 122 Å². The van der Waals surface area contributed by atoms with E-state index in [2.05, 4.69) is 85.8 Å². The van der Waals surface area contributed by atoms with Crippen molar-refractivity contribution in [2.45, 2.75) is 88.1 Å². The normalized spacial score (nSPS) is 17.3. The second kappa shape index (κ2) is 16.1. The molecule has 4 aromatic carbocycles. The van der Waals surface area contributed by atoms with Crippen LogP contribution in [0.1, 0.15) is 82.4 Å². The first-order chi connectivity index (χ1) is 18.8. The van der Waals surface area contributed by atoms with E-state index in [1.165, 1.54) is 74.8 Å². The van der Waals surface area contributed by atoms with Crippen molar-refractivity contribution < 1.29 is 17.1 Å². The first-order valence-electron chi connectivity index (χ1n) is 14.9. The van der Waals surface area contributed by atoms with E-state index in [9.17, 15) is 0 Å². The second-order valence-electron chi connectivity index (χ2n) is 11.0. The molecule has 0 bridgehead atoms. The minimum absolute atomic E-state index is 0. The molecule has 0 saturated heterocycles. The molecule has 3 heteroatoms. The summed E-state index contributed by atoms with van der Waals surface area (Å²) in [4.78, 5) is 0. The van der Waals surface area contributed by atoms with Crippen molar-refractivity contribution >= 4 is 31.8 Å². The third kappa shape index (κ3) is 8.05. The van der Waals surface area contributed by atoms with Crippen molar-refractivity contribution in [1.82, 2.24) is 0 Å². The molecule has 0 radical (unpaired) electrons. The third-order valence-corrected chi connectivity index (χ3v) is 15.0. The second-order valence-corrected chi connectivity index (χ2v) is 16.4. The van der Waals surface area contributed by atoms with Crippen LogP contribution in [-0.2, 0) is 17.1 Å². The average molecular weight is 595 g/mol. The predicted octanol–water partition coefficient (Wildman–Crippen LogP) is 9.77. The molecule has 1 atom stereocenters. The van der Waals surface area contributed by atoms with Crippen LogP contribution in [0.2, 0.25) is 0 Å². The molecule has 2 saturated carbocycles. The zero-order valence-electron chi connectivity index (χ0n) is 23.4. The van der Waals surface area contributed by atoms with E-state index in [0.29, 0.717) is 5.66 Å². The fourth-order valence-corrected chi connectivity index (χ4v) is 13.7. The number of rotatable bonds is 7. The Kier molecular flexibility index (Phi) is 12.6. The Morgan fingerprint density at radius 3 is 1.56 bits per heavy atom. The van der Waals surface area contributed by atoms with Crippen LogP contribution < -0.4 is 15.9 Å². The molecule has 0 heterocycles. The Labute approximate surface area is 250 Å². The standard InChI is InChI=1S/C31H39P2.C5H5.Fe/c1-25(32(26-15-6-2-7-16-26)27-17-8-3-9-18-27)30-23-14-24-31(30)33(28-19-10-4-11-20-28)29-21-12-5-13-22-29;1-2-4-5-3-1;/h4-5,10-14,19-27H,2-3,6-9,15-18H2,1H3;1-5H;/q2*-1;+2/t25-;;/m1../s1. The molecular formula is C36H44FeP2. The van der Waals surface area contributed by atoms with Gasteiger partial charge in [0, 0.05) is 0 Å². The van der Waals surface area contributed by atoms with E-state index >= 15 is 0 Å². The quantitative estimate of drug-likeness (QED) is 0.114. The molecule has 206 valence electrons. The fourth-order valence-electron chi connectivity index (χ4n) is 6.73. The van der Waals surface area contributed by atoms with Gasteiger partial charge < -0.3 is 0 Å². The van der Waals surface area contributed by atoms with Gasteiger partial charge in [-0.2, -0.15) is 29.8 Å². The summed E-state index contributed by atoms with van der Waals surface area (Å²) in [5, 5.41) is 4.59. The summed E-state index contributed by atoms with van der Waals surface area (Å²) in [5.74, 6) is 0. The van der Waals surface area contributed by atoms with Gasteiger partial charge in [-0.3, -0.25) is 0 Å². The van der Waals surface area contributed by atoms with Crippen LogP contribution in [0.4, 0.5) is 0 Å². The summed E-state index contributed by atoms with van der Waals surface area (Å²) in [6.07, 6.45) is 14.8. The Balaban J connectivity index is 0.000000530. The predicted molar refractivity (Wildman–Crippen MR) is 172 cm³/mol. The van der Waals surface area contributed by atoms with Crippen molar-refractivity contribution in [3.63, 3.8) is 0 Å². The van der Waals surface area contributed by atoms with Crippen molar-refractivity contribution in [2.75, 3.05) is 0 Å². The molecule has 4 aromatic rings. The maximum atomic E-state index is 2.62. The molecule has 6 rings (SSSR count). The molecule has 0 amide bonds. The van der Waals surface area contributed by atoms with Crippen molar-refractivity contribution in [3.05, 3.63) is 115 Å². The van der Waals surface area contributed by atoms with Gasteiger partial charge in [0.1, 0.15) is 0 Å². The summed E-state index contributed by atoms with van der Waals surface area (Å²) in [5.41, 5.74) is 4.38. The maximum Gasteiger partial charge on any atom is 2.00 e. The van der Waals surface area contributed by atoms with E-state index < -0.39 is 7.92 Å². The zero-order chi connectivity index (χ0) is 26.0. The molecule has 0 unspecified atom stereocenters. The number of benzene rings is 2. The third-order valence-electron chi connectivity index (χ3n) is 8.54. The first kappa shape index (κ1) is 30.5. The molecule has 2 aliphatic rings. The van der Waals surface area contributed by atoms with Crippen LogP contribution in [-0.4, -0.2) is 11.3 Å². The van der Waals surface area contributed by atoms with Gasteiger partial charge >= 0.3 is 17.1 Å². The molecule has 0 nitrogen and oxygen atoms in total. The van der Waals surface area contributed by atoms with Crippen molar-refractivity contribution in [1.29, 1.82) is 0 Å². The number of hydrogen-bond acceptors (Lipinski definition) is 0. The SMILES string of the molecule is C[C@H](c1ccc[c-]1P(c1ccccc1)c1ccccc1)P(C1CCCCC1)C1CCCCC1.[Fe+2].c1cc[cH-]c1. The van der Waals surface area contributed by atoms with Crippen molar-refractivity contribution in [2.24, 2.45) is 0 Å². The van der Waals surface area contributed by atoms with Crippen molar-refractivity contribution in [3.8, 4) is 0 Å². The molecule has 0 spiro atoms. The van der Waals surface area contributed by atoms with Crippen LogP contribution in [0, 0.1) is 0 Å². The Hall–Kier alpha value is -1.48. The summed E-state index contributed by atoms with van der Waals surface area (Å²) < 4.78 is 0. The largest absolute Gasteiger partial charge is 2.00 e. The first-order valence-corrected chi connectivity index (χ1v) is 17.8. The van der Waals surface area contributed by atoms with Crippen LogP contribution >= 0.6 is 15.8 Å². The minimum atomic E-state index is -0.511. The summed E-state index contributed by atoms with van der Waals surface area (Å²) in [7, 11) is -0.489.